The summed E-state index contributed by atoms with van der Waals surface area (Å²) in [5, 5.41) is 0.665. The molecule has 0 aliphatic heterocycles. The fourth-order valence-electron chi connectivity index (χ4n) is 2.15. The highest BCUT2D eigenvalue weighted by atomic mass is 32.2. The number of nitrogens with zero attached hydrogens (tertiary/aromatic N) is 3. The second kappa shape index (κ2) is 6.19. The maximum atomic E-state index is 12.2. The SMILES string of the molecule is CSc1ncccc1C(=O)OCc1cn2cc(C)ccc2n1. The Hall–Kier alpha value is -2.34. The van der Waals surface area contributed by atoms with E-state index in [1.807, 2.05) is 42.1 Å². The Bertz CT molecular complexity index is 829. The maximum absolute atomic E-state index is 12.2. The van der Waals surface area contributed by atoms with Gasteiger partial charge in [0.2, 0.25) is 0 Å². The van der Waals surface area contributed by atoms with Crippen LogP contribution >= 0.6 is 11.8 Å². The Morgan fingerprint density at radius 1 is 1.32 bits per heavy atom. The third-order valence-electron chi connectivity index (χ3n) is 3.18. The minimum Gasteiger partial charge on any atom is -0.455 e. The number of esters is 1. The van der Waals surface area contributed by atoms with E-state index in [0.29, 0.717) is 16.3 Å². The lowest BCUT2D eigenvalue weighted by molar-refractivity contribution is 0.0463. The predicted molar refractivity (Wildman–Crippen MR) is 85.1 cm³/mol. The lowest BCUT2D eigenvalue weighted by atomic mass is 10.3. The maximum Gasteiger partial charge on any atom is 0.341 e. The van der Waals surface area contributed by atoms with Gasteiger partial charge in [0, 0.05) is 18.6 Å². The molecule has 3 heterocycles. The van der Waals surface area contributed by atoms with Gasteiger partial charge in [0.15, 0.2) is 0 Å². The number of imidazole rings is 1. The molecule has 0 aliphatic carbocycles. The van der Waals surface area contributed by atoms with Crippen molar-refractivity contribution in [2.45, 2.75) is 18.6 Å². The lowest BCUT2D eigenvalue weighted by Crippen LogP contribution is -2.07. The van der Waals surface area contributed by atoms with Crippen LogP contribution in [0, 0.1) is 6.92 Å². The summed E-state index contributed by atoms with van der Waals surface area (Å²) < 4.78 is 7.27. The number of aryl methyl sites for hydroxylation is 1. The molecule has 3 aromatic rings. The molecule has 0 spiro atoms. The Kier molecular flexibility index (Phi) is 4.11. The number of carbonyl (C=O) groups excluding carboxylic acids is 1. The quantitative estimate of drug-likeness (QED) is 0.547. The number of pyridine rings is 2. The fourth-order valence-corrected chi connectivity index (χ4v) is 2.69. The molecular weight excluding hydrogens is 298 g/mol. The van der Waals surface area contributed by atoms with Gasteiger partial charge < -0.3 is 9.14 Å². The molecule has 0 fully saturated rings. The van der Waals surface area contributed by atoms with Crippen LogP contribution in [0.3, 0.4) is 0 Å². The average Bonchev–Trinajstić information content (AvgIpc) is 2.94. The standard InChI is InChI=1S/C16H15N3O2S/c1-11-5-6-14-18-12(9-19(14)8-11)10-21-16(20)13-4-3-7-17-15(13)22-2/h3-9H,10H2,1-2H3. The Morgan fingerprint density at radius 2 is 2.18 bits per heavy atom. The highest BCUT2D eigenvalue weighted by molar-refractivity contribution is 7.98. The molecule has 0 aliphatic rings. The number of hydrogen-bond donors (Lipinski definition) is 0. The molecule has 0 aromatic carbocycles. The highest BCUT2D eigenvalue weighted by Crippen LogP contribution is 2.18. The summed E-state index contributed by atoms with van der Waals surface area (Å²) in [4.78, 5) is 20.7. The first-order valence-electron chi connectivity index (χ1n) is 6.78. The summed E-state index contributed by atoms with van der Waals surface area (Å²) >= 11 is 1.42. The van der Waals surface area contributed by atoms with Gasteiger partial charge in [0.1, 0.15) is 17.3 Å². The van der Waals surface area contributed by atoms with Crippen LogP contribution in [0.2, 0.25) is 0 Å². The van der Waals surface area contributed by atoms with Crippen molar-refractivity contribution in [1.82, 2.24) is 14.4 Å². The Labute approximate surface area is 132 Å². The smallest absolute Gasteiger partial charge is 0.341 e. The van der Waals surface area contributed by atoms with Crippen LogP contribution in [0.25, 0.3) is 5.65 Å². The average molecular weight is 313 g/mol. The summed E-state index contributed by atoms with van der Waals surface area (Å²) in [6, 6.07) is 7.38. The van der Waals surface area contributed by atoms with Crippen molar-refractivity contribution >= 4 is 23.4 Å². The molecule has 3 aromatic heterocycles. The van der Waals surface area contributed by atoms with Gasteiger partial charge in [-0.1, -0.05) is 6.07 Å². The van der Waals surface area contributed by atoms with Crippen molar-refractivity contribution < 1.29 is 9.53 Å². The third-order valence-corrected chi connectivity index (χ3v) is 3.90. The van der Waals surface area contributed by atoms with Gasteiger partial charge in [-0.2, -0.15) is 0 Å². The number of fused-ring (bicyclic) bond motifs is 1. The zero-order valence-electron chi connectivity index (χ0n) is 12.3. The lowest BCUT2D eigenvalue weighted by Gasteiger charge is -2.05. The first-order valence-corrected chi connectivity index (χ1v) is 8.00. The van der Waals surface area contributed by atoms with E-state index in [1.165, 1.54) is 11.8 Å². The third kappa shape index (κ3) is 2.96. The molecule has 0 bridgehead atoms. The molecule has 5 nitrogen and oxygen atoms in total. The number of ether oxygens (including phenoxy) is 1. The van der Waals surface area contributed by atoms with E-state index in [-0.39, 0.29) is 12.6 Å². The van der Waals surface area contributed by atoms with E-state index in [2.05, 4.69) is 9.97 Å². The molecular formula is C16H15N3O2S. The first kappa shape index (κ1) is 14.6. The van der Waals surface area contributed by atoms with Gasteiger partial charge in [0.25, 0.3) is 0 Å². The molecule has 3 rings (SSSR count). The monoisotopic (exact) mass is 313 g/mol. The summed E-state index contributed by atoms with van der Waals surface area (Å²) in [6.45, 7) is 2.16. The molecule has 0 saturated heterocycles. The minimum absolute atomic E-state index is 0.141. The van der Waals surface area contributed by atoms with Crippen molar-refractivity contribution in [2.24, 2.45) is 0 Å². The van der Waals surface area contributed by atoms with Crippen LogP contribution in [-0.2, 0) is 11.3 Å². The second-order valence-electron chi connectivity index (χ2n) is 4.84. The summed E-state index contributed by atoms with van der Waals surface area (Å²) in [5.74, 6) is -0.384. The second-order valence-corrected chi connectivity index (χ2v) is 5.64. The van der Waals surface area contributed by atoms with E-state index in [0.717, 1.165) is 11.2 Å². The Balaban J connectivity index is 1.74. The van der Waals surface area contributed by atoms with Crippen molar-refractivity contribution in [3.05, 3.63) is 59.7 Å². The van der Waals surface area contributed by atoms with E-state index < -0.39 is 0 Å². The van der Waals surface area contributed by atoms with Gasteiger partial charge in [0.05, 0.1) is 11.3 Å². The predicted octanol–water partition coefficient (Wildman–Crippen LogP) is 3.12. The molecule has 0 amide bonds. The van der Waals surface area contributed by atoms with Gasteiger partial charge >= 0.3 is 5.97 Å². The largest absolute Gasteiger partial charge is 0.455 e. The van der Waals surface area contributed by atoms with Crippen LogP contribution in [0.4, 0.5) is 0 Å². The van der Waals surface area contributed by atoms with Gasteiger partial charge in [-0.05, 0) is 36.9 Å². The number of thioether (sulfide) groups is 1. The molecule has 22 heavy (non-hydrogen) atoms. The van der Waals surface area contributed by atoms with Crippen molar-refractivity contribution in [2.75, 3.05) is 6.26 Å². The minimum atomic E-state index is -0.384. The van der Waals surface area contributed by atoms with E-state index in [9.17, 15) is 4.79 Å². The van der Waals surface area contributed by atoms with Crippen LogP contribution < -0.4 is 0 Å². The summed E-state index contributed by atoms with van der Waals surface area (Å²) in [5.41, 5.74) is 3.18. The first-order chi connectivity index (χ1) is 10.7. The number of hydrogen-bond acceptors (Lipinski definition) is 5. The highest BCUT2D eigenvalue weighted by Gasteiger charge is 2.14. The van der Waals surface area contributed by atoms with Crippen molar-refractivity contribution in [3.63, 3.8) is 0 Å². The Morgan fingerprint density at radius 3 is 3.00 bits per heavy atom. The van der Waals surface area contributed by atoms with Gasteiger partial charge in [-0.25, -0.2) is 14.8 Å². The summed E-state index contributed by atoms with van der Waals surface area (Å²) in [6.07, 6.45) is 7.39. The molecule has 0 atom stereocenters. The van der Waals surface area contributed by atoms with Gasteiger partial charge in [-0.15, -0.1) is 11.8 Å². The van der Waals surface area contributed by atoms with Crippen LogP contribution in [-0.4, -0.2) is 26.6 Å². The normalized spacial score (nSPS) is 10.8. The summed E-state index contributed by atoms with van der Waals surface area (Å²) in [7, 11) is 0. The zero-order chi connectivity index (χ0) is 15.5. The van der Waals surface area contributed by atoms with E-state index in [4.69, 9.17) is 4.74 Å². The van der Waals surface area contributed by atoms with Crippen molar-refractivity contribution in [3.8, 4) is 0 Å². The molecule has 112 valence electrons. The molecule has 6 heteroatoms. The molecule has 0 radical (unpaired) electrons. The van der Waals surface area contributed by atoms with E-state index in [1.54, 1.807) is 18.3 Å². The fraction of sp³-hybridized carbons (Fsp3) is 0.188. The zero-order valence-corrected chi connectivity index (χ0v) is 13.1. The van der Waals surface area contributed by atoms with Crippen LogP contribution in [0.5, 0.6) is 0 Å². The van der Waals surface area contributed by atoms with Gasteiger partial charge in [-0.3, -0.25) is 0 Å². The molecule has 0 N–H and O–H groups in total. The molecule has 0 unspecified atom stereocenters. The topological polar surface area (TPSA) is 56.5 Å². The van der Waals surface area contributed by atoms with Crippen LogP contribution in [0.15, 0.2) is 47.9 Å². The van der Waals surface area contributed by atoms with E-state index >= 15 is 0 Å². The van der Waals surface area contributed by atoms with Crippen LogP contribution in [0.1, 0.15) is 21.6 Å². The molecule has 0 saturated carbocycles. The number of rotatable bonds is 4. The van der Waals surface area contributed by atoms with Crippen molar-refractivity contribution in [1.29, 1.82) is 0 Å². The number of aromatic nitrogens is 3. The number of carbonyl (C=O) groups is 1.